The van der Waals surface area contributed by atoms with Crippen LogP contribution in [0.3, 0.4) is 0 Å². The van der Waals surface area contributed by atoms with E-state index < -0.39 is 0 Å². The average molecular weight is 514 g/mol. The fraction of sp³-hybridized carbons (Fsp3) is 0.500. The molecule has 1 N–H and O–H groups in total. The lowest BCUT2D eigenvalue weighted by molar-refractivity contribution is -0.133. The number of ether oxygens (including phenoxy) is 2. The number of methoxy groups -OCH3 is 1. The molecule has 2 aliphatic heterocycles. The molecular formula is C26H35N5O4S. The van der Waals surface area contributed by atoms with E-state index in [-0.39, 0.29) is 24.5 Å². The van der Waals surface area contributed by atoms with Crippen molar-refractivity contribution in [3.8, 4) is 5.75 Å². The van der Waals surface area contributed by atoms with E-state index in [0.29, 0.717) is 39.3 Å². The Morgan fingerprint density at radius 3 is 2.67 bits per heavy atom. The summed E-state index contributed by atoms with van der Waals surface area (Å²) in [6.45, 7) is 6.75. The number of urea groups is 1. The van der Waals surface area contributed by atoms with E-state index in [9.17, 15) is 9.59 Å². The van der Waals surface area contributed by atoms with Crippen LogP contribution < -0.4 is 10.1 Å². The van der Waals surface area contributed by atoms with Crippen molar-refractivity contribution in [1.82, 2.24) is 20.1 Å². The molecule has 1 fully saturated rings. The highest BCUT2D eigenvalue weighted by atomic mass is 32.1. The fourth-order valence-electron chi connectivity index (χ4n) is 4.34. The predicted molar refractivity (Wildman–Crippen MR) is 141 cm³/mol. The van der Waals surface area contributed by atoms with E-state index in [1.165, 1.54) is 0 Å². The molecule has 0 radical (unpaired) electrons. The summed E-state index contributed by atoms with van der Waals surface area (Å²) in [7, 11) is 1.63. The molecule has 36 heavy (non-hydrogen) atoms. The van der Waals surface area contributed by atoms with Crippen LogP contribution in [0, 0.1) is 0 Å². The van der Waals surface area contributed by atoms with Gasteiger partial charge >= 0.3 is 6.03 Å². The summed E-state index contributed by atoms with van der Waals surface area (Å²) in [5.74, 6) is 0.562. The number of thiophene rings is 1. The first-order valence-electron chi connectivity index (χ1n) is 12.5. The molecule has 2 aromatic rings. The Labute approximate surface area is 216 Å². The van der Waals surface area contributed by atoms with E-state index in [2.05, 4.69) is 10.2 Å². The van der Waals surface area contributed by atoms with Gasteiger partial charge in [-0.05, 0) is 35.6 Å². The molecule has 1 saturated heterocycles. The Morgan fingerprint density at radius 1 is 1.22 bits per heavy atom. The van der Waals surface area contributed by atoms with Crippen LogP contribution in [0.25, 0.3) is 0 Å². The van der Waals surface area contributed by atoms with Crippen molar-refractivity contribution < 1.29 is 19.1 Å². The number of carbonyl (C=O) groups is 2. The van der Waals surface area contributed by atoms with Gasteiger partial charge in [0.25, 0.3) is 5.91 Å². The molecule has 0 bridgehead atoms. The molecule has 3 amide bonds. The van der Waals surface area contributed by atoms with Crippen LogP contribution in [-0.2, 0) is 9.53 Å². The van der Waals surface area contributed by atoms with Crippen molar-refractivity contribution in [3.05, 3.63) is 52.2 Å². The Morgan fingerprint density at radius 2 is 2.00 bits per heavy atom. The van der Waals surface area contributed by atoms with Crippen LogP contribution in [0.5, 0.6) is 5.75 Å². The molecular weight excluding hydrogens is 478 g/mol. The summed E-state index contributed by atoms with van der Waals surface area (Å²) in [4.78, 5) is 31.5. The average Bonchev–Trinajstić information content (AvgIpc) is 3.61. The molecule has 0 aliphatic carbocycles. The second-order valence-electron chi connectivity index (χ2n) is 8.86. The zero-order valence-corrected chi connectivity index (χ0v) is 21.8. The van der Waals surface area contributed by atoms with E-state index in [1.807, 2.05) is 48.7 Å². The normalized spacial score (nSPS) is 18.1. The number of hydrazone groups is 1. The Hall–Kier alpha value is -2.95. The summed E-state index contributed by atoms with van der Waals surface area (Å²) in [5.41, 5.74) is 1.87. The minimum absolute atomic E-state index is 0.0340. The summed E-state index contributed by atoms with van der Waals surface area (Å²) >= 11 is 1.61. The highest BCUT2D eigenvalue weighted by Crippen LogP contribution is 2.34. The summed E-state index contributed by atoms with van der Waals surface area (Å²) < 4.78 is 10.7. The Bertz CT molecular complexity index is 1020. The maximum absolute atomic E-state index is 13.6. The van der Waals surface area contributed by atoms with Gasteiger partial charge in [0.15, 0.2) is 0 Å². The van der Waals surface area contributed by atoms with Crippen molar-refractivity contribution in [1.29, 1.82) is 0 Å². The third-order valence-electron chi connectivity index (χ3n) is 6.40. The third-order valence-corrected chi connectivity index (χ3v) is 7.32. The molecule has 194 valence electrons. The van der Waals surface area contributed by atoms with E-state index >= 15 is 0 Å². The van der Waals surface area contributed by atoms with Gasteiger partial charge in [-0.1, -0.05) is 25.1 Å². The van der Waals surface area contributed by atoms with Crippen LogP contribution in [0.2, 0.25) is 0 Å². The standard InChI is InChI=1S/C26H35N5O4S/c1-3-10-27-26(33)30(12-11-29-13-15-35-16-14-29)19-25(32)31-23(20-6-8-21(34-2)9-7-20)18-22(28-31)24-5-4-17-36-24/h4-9,17,23H,3,10-16,18-19H2,1-2H3,(H,27,33)/t23-/m1/s1. The largest absolute Gasteiger partial charge is 0.497 e. The highest BCUT2D eigenvalue weighted by molar-refractivity contribution is 7.12. The maximum Gasteiger partial charge on any atom is 0.317 e. The quantitative estimate of drug-likeness (QED) is 0.527. The maximum atomic E-state index is 13.6. The lowest BCUT2D eigenvalue weighted by atomic mass is 10.0. The molecule has 4 rings (SSSR count). The molecule has 0 unspecified atom stereocenters. The van der Waals surface area contributed by atoms with Crippen molar-refractivity contribution in [2.24, 2.45) is 5.10 Å². The first-order chi connectivity index (χ1) is 17.6. The third kappa shape index (κ3) is 6.63. The molecule has 9 nitrogen and oxygen atoms in total. The van der Waals surface area contributed by atoms with Gasteiger partial charge in [0.2, 0.25) is 0 Å². The number of nitrogens with zero attached hydrogens (tertiary/aromatic N) is 4. The molecule has 0 spiro atoms. The number of amides is 3. The van der Waals surface area contributed by atoms with E-state index in [4.69, 9.17) is 14.6 Å². The number of rotatable bonds is 10. The minimum Gasteiger partial charge on any atom is -0.497 e. The summed E-state index contributed by atoms with van der Waals surface area (Å²) in [6.07, 6.45) is 1.45. The van der Waals surface area contributed by atoms with Crippen molar-refractivity contribution in [2.75, 3.05) is 59.6 Å². The van der Waals surface area contributed by atoms with Gasteiger partial charge in [-0.2, -0.15) is 5.10 Å². The van der Waals surface area contributed by atoms with E-state index in [1.54, 1.807) is 28.4 Å². The van der Waals surface area contributed by atoms with Crippen LogP contribution >= 0.6 is 11.3 Å². The molecule has 1 atom stereocenters. The number of morpholine rings is 1. The van der Waals surface area contributed by atoms with Gasteiger partial charge in [0.1, 0.15) is 12.3 Å². The number of nitrogens with one attached hydrogen (secondary N) is 1. The van der Waals surface area contributed by atoms with Gasteiger partial charge in [0.05, 0.1) is 37.0 Å². The van der Waals surface area contributed by atoms with Gasteiger partial charge in [-0.15, -0.1) is 11.3 Å². The first-order valence-corrected chi connectivity index (χ1v) is 13.4. The zero-order chi connectivity index (χ0) is 25.3. The van der Waals surface area contributed by atoms with E-state index in [0.717, 1.165) is 41.4 Å². The van der Waals surface area contributed by atoms with Gasteiger partial charge in [0, 0.05) is 39.1 Å². The SMILES string of the molecule is CCCNC(=O)N(CCN1CCOCC1)CC(=O)N1N=C(c2cccs2)C[C@@H]1c1ccc(OC)cc1. The zero-order valence-electron chi connectivity index (χ0n) is 21.0. The van der Waals surface area contributed by atoms with Crippen LogP contribution in [0.15, 0.2) is 46.9 Å². The number of hydrogen-bond donors (Lipinski definition) is 1. The van der Waals surface area contributed by atoms with Crippen molar-refractivity contribution in [3.63, 3.8) is 0 Å². The van der Waals surface area contributed by atoms with Gasteiger partial charge in [-0.25, -0.2) is 9.80 Å². The topological polar surface area (TPSA) is 86.7 Å². The number of carbonyl (C=O) groups excluding carboxylic acids is 2. The monoisotopic (exact) mass is 513 g/mol. The van der Waals surface area contributed by atoms with Crippen LogP contribution in [0.4, 0.5) is 4.79 Å². The second kappa shape index (κ2) is 12.8. The summed E-state index contributed by atoms with van der Waals surface area (Å²) in [6, 6.07) is 11.3. The highest BCUT2D eigenvalue weighted by Gasteiger charge is 2.34. The molecule has 1 aromatic carbocycles. The molecule has 1 aromatic heterocycles. The smallest absolute Gasteiger partial charge is 0.317 e. The lowest BCUT2D eigenvalue weighted by Crippen LogP contribution is -2.49. The molecule has 2 aliphatic rings. The minimum atomic E-state index is -0.236. The van der Waals surface area contributed by atoms with Gasteiger partial charge in [-0.3, -0.25) is 9.69 Å². The van der Waals surface area contributed by atoms with Crippen molar-refractivity contribution in [2.45, 2.75) is 25.8 Å². The number of hydrogen-bond acceptors (Lipinski definition) is 7. The van der Waals surface area contributed by atoms with Crippen molar-refractivity contribution >= 4 is 29.0 Å². The molecule has 3 heterocycles. The number of benzene rings is 1. The Kier molecular flexibility index (Phi) is 9.32. The lowest BCUT2D eigenvalue weighted by Gasteiger charge is -2.31. The molecule has 10 heteroatoms. The van der Waals surface area contributed by atoms with Crippen LogP contribution in [0.1, 0.15) is 36.2 Å². The summed E-state index contributed by atoms with van der Waals surface area (Å²) in [5, 5.41) is 11.2. The molecule has 0 saturated carbocycles. The second-order valence-corrected chi connectivity index (χ2v) is 9.81. The predicted octanol–water partition coefficient (Wildman–Crippen LogP) is 3.19. The van der Waals surface area contributed by atoms with Crippen LogP contribution in [-0.4, -0.2) is 92.1 Å². The Balaban J connectivity index is 1.51. The van der Waals surface area contributed by atoms with Gasteiger partial charge < -0.3 is 19.7 Å². The fourth-order valence-corrected chi connectivity index (χ4v) is 5.06. The first kappa shape index (κ1) is 26.1.